The summed E-state index contributed by atoms with van der Waals surface area (Å²) < 4.78 is 26.1. The number of nitrogens with zero attached hydrogens (tertiary/aromatic N) is 3. The van der Waals surface area contributed by atoms with Crippen molar-refractivity contribution in [2.24, 2.45) is 0 Å². The van der Waals surface area contributed by atoms with Gasteiger partial charge in [-0.05, 0) is 13.8 Å². The van der Waals surface area contributed by atoms with E-state index in [9.17, 15) is 8.42 Å². The molecule has 2 heterocycles. The van der Waals surface area contributed by atoms with Crippen LogP contribution in [0.15, 0.2) is 17.3 Å². The summed E-state index contributed by atoms with van der Waals surface area (Å²) in [7, 11) is -2.00. The van der Waals surface area contributed by atoms with E-state index in [4.69, 9.17) is 0 Å². The van der Waals surface area contributed by atoms with Crippen LogP contribution < -0.4 is 0 Å². The Bertz CT molecular complexity index is 610. The maximum absolute atomic E-state index is 12.4. The Balaban J connectivity index is 2.32. The molecule has 0 saturated heterocycles. The molecule has 0 spiro atoms. The monoisotopic (exact) mass is 269 g/mol. The fourth-order valence-corrected chi connectivity index (χ4v) is 3.26. The van der Waals surface area contributed by atoms with Gasteiger partial charge in [0.25, 0.3) is 0 Å². The van der Waals surface area contributed by atoms with E-state index in [0.29, 0.717) is 11.4 Å². The molecule has 0 atom stereocenters. The third kappa shape index (κ3) is 2.16. The number of aromatic nitrogens is 4. The molecule has 18 heavy (non-hydrogen) atoms. The van der Waals surface area contributed by atoms with Crippen molar-refractivity contribution in [3.05, 3.63) is 29.3 Å². The van der Waals surface area contributed by atoms with Crippen LogP contribution in [-0.4, -0.2) is 40.2 Å². The van der Waals surface area contributed by atoms with Gasteiger partial charge in [-0.25, -0.2) is 8.42 Å². The van der Waals surface area contributed by atoms with E-state index in [1.54, 1.807) is 26.2 Å². The van der Waals surface area contributed by atoms with E-state index in [-0.39, 0.29) is 11.4 Å². The van der Waals surface area contributed by atoms with E-state index in [0.717, 1.165) is 5.56 Å². The minimum Gasteiger partial charge on any atom is -0.285 e. The quantitative estimate of drug-likeness (QED) is 0.848. The molecule has 0 fully saturated rings. The summed E-state index contributed by atoms with van der Waals surface area (Å²) in [6.45, 7) is 3.63. The lowest BCUT2D eigenvalue weighted by Crippen LogP contribution is -2.27. The molecule has 2 aromatic heterocycles. The number of hydrogen-bond acceptors (Lipinski definition) is 4. The number of rotatable bonds is 4. The summed E-state index contributed by atoms with van der Waals surface area (Å²) in [4.78, 5) is 0.244. The van der Waals surface area contributed by atoms with Crippen molar-refractivity contribution in [1.29, 1.82) is 0 Å². The van der Waals surface area contributed by atoms with Crippen LogP contribution in [0.5, 0.6) is 0 Å². The van der Waals surface area contributed by atoms with Crippen LogP contribution in [0.3, 0.4) is 0 Å². The summed E-state index contributed by atoms with van der Waals surface area (Å²) >= 11 is 0. The molecule has 2 N–H and O–H groups in total. The highest BCUT2D eigenvalue weighted by Crippen LogP contribution is 2.21. The fraction of sp³-hybridized carbons (Fsp3) is 0.400. The lowest BCUT2D eigenvalue weighted by atomic mass is 10.4. The van der Waals surface area contributed by atoms with Gasteiger partial charge >= 0.3 is 0 Å². The molecule has 8 heteroatoms. The van der Waals surface area contributed by atoms with Gasteiger partial charge in [-0.1, -0.05) is 0 Å². The first kappa shape index (κ1) is 12.8. The first-order valence-electron chi connectivity index (χ1n) is 5.38. The predicted molar refractivity (Wildman–Crippen MR) is 65.3 cm³/mol. The Labute approximate surface area is 105 Å². The Morgan fingerprint density at radius 2 is 2.11 bits per heavy atom. The zero-order valence-corrected chi connectivity index (χ0v) is 11.2. The van der Waals surface area contributed by atoms with Crippen LogP contribution in [0.4, 0.5) is 0 Å². The van der Waals surface area contributed by atoms with Crippen LogP contribution in [0.25, 0.3) is 0 Å². The fourth-order valence-electron chi connectivity index (χ4n) is 1.78. The van der Waals surface area contributed by atoms with Crippen molar-refractivity contribution < 1.29 is 8.42 Å². The summed E-state index contributed by atoms with van der Waals surface area (Å²) in [5.74, 6) is 0. The van der Waals surface area contributed by atoms with Gasteiger partial charge in [0.05, 0.1) is 17.6 Å². The van der Waals surface area contributed by atoms with Crippen LogP contribution >= 0.6 is 0 Å². The van der Waals surface area contributed by atoms with Gasteiger partial charge in [-0.2, -0.15) is 14.5 Å². The van der Waals surface area contributed by atoms with Gasteiger partial charge in [0.1, 0.15) is 4.90 Å². The van der Waals surface area contributed by atoms with Gasteiger partial charge in [0.2, 0.25) is 10.0 Å². The van der Waals surface area contributed by atoms with Gasteiger partial charge in [0.15, 0.2) is 0 Å². The molecular formula is C10H15N5O2S. The first-order valence-corrected chi connectivity index (χ1v) is 6.82. The van der Waals surface area contributed by atoms with E-state index in [1.165, 1.54) is 11.4 Å². The van der Waals surface area contributed by atoms with E-state index < -0.39 is 10.0 Å². The van der Waals surface area contributed by atoms with Crippen LogP contribution in [0.1, 0.15) is 17.0 Å². The number of H-pyrrole nitrogens is 2. The SMILES string of the molecule is Cc1n[nH]c(C)c1S(=O)(=O)N(C)Cc1cn[nH]c1. The Morgan fingerprint density at radius 3 is 2.61 bits per heavy atom. The van der Waals surface area contributed by atoms with E-state index >= 15 is 0 Å². The number of hydrogen-bond donors (Lipinski definition) is 2. The van der Waals surface area contributed by atoms with E-state index in [2.05, 4.69) is 20.4 Å². The topological polar surface area (TPSA) is 94.7 Å². The van der Waals surface area contributed by atoms with Crippen molar-refractivity contribution in [1.82, 2.24) is 24.7 Å². The molecule has 0 aliphatic carbocycles. The zero-order valence-electron chi connectivity index (χ0n) is 10.4. The van der Waals surface area contributed by atoms with Crippen LogP contribution in [0, 0.1) is 13.8 Å². The van der Waals surface area contributed by atoms with Crippen molar-refractivity contribution in [2.75, 3.05) is 7.05 Å². The molecule has 0 aromatic carbocycles. The largest absolute Gasteiger partial charge is 0.285 e. The molecule has 0 aliphatic rings. The minimum atomic E-state index is -3.54. The summed E-state index contributed by atoms with van der Waals surface area (Å²) in [5.41, 5.74) is 1.83. The molecule has 0 aliphatic heterocycles. The second kappa shape index (κ2) is 4.54. The Kier molecular flexibility index (Phi) is 3.22. The molecule has 7 nitrogen and oxygen atoms in total. The third-order valence-corrected chi connectivity index (χ3v) is 4.76. The average molecular weight is 269 g/mol. The smallest absolute Gasteiger partial charge is 0.246 e. The summed E-state index contributed by atoms with van der Waals surface area (Å²) in [6, 6.07) is 0. The van der Waals surface area contributed by atoms with Crippen molar-refractivity contribution in [3.8, 4) is 0 Å². The first-order chi connectivity index (χ1) is 8.43. The number of nitrogens with one attached hydrogen (secondary N) is 2. The molecule has 0 saturated carbocycles. The van der Waals surface area contributed by atoms with Crippen molar-refractivity contribution >= 4 is 10.0 Å². The lowest BCUT2D eigenvalue weighted by molar-refractivity contribution is 0.466. The second-order valence-electron chi connectivity index (χ2n) is 4.13. The highest BCUT2D eigenvalue weighted by molar-refractivity contribution is 7.89. The van der Waals surface area contributed by atoms with Gasteiger partial charge in [0, 0.05) is 25.4 Å². The van der Waals surface area contributed by atoms with Crippen LogP contribution in [-0.2, 0) is 16.6 Å². The Hall–Kier alpha value is -1.67. The molecule has 0 radical (unpaired) electrons. The molecule has 2 aromatic rings. The molecule has 0 amide bonds. The second-order valence-corrected chi connectivity index (χ2v) is 6.11. The maximum atomic E-state index is 12.4. The number of aromatic amines is 2. The average Bonchev–Trinajstić information content (AvgIpc) is 2.89. The number of sulfonamides is 1. The number of aryl methyl sites for hydroxylation is 2. The molecule has 0 unspecified atom stereocenters. The maximum Gasteiger partial charge on any atom is 0.246 e. The van der Waals surface area contributed by atoms with Gasteiger partial charge in [-0.3, -0.25) is 10.2 Å². The minimum absolute atomic E-state index is 0.244. The Morgan fingerprint density at radius 1 is 1.39 bits per heavy atom. The molecular weight excluding hydrogens is 254 g/mol. The summed E-state index contributed by atoms with van der Waals surface area (Å²) in [5, 5.41) is 13.0. The molecule has 2 rings (SSSR count). The standard InChI is InChI=1S/C10H15N5O2S/c1-7-10(8(2)14-13-7)18(16,17)15(3)6-9-4-11-12-5-9/h4-5H,6H2,1-3H3,(H,11,12)(H,13,14). The van der Waals surface area contributed by atoms with Crippen molar-refractivity contribution in [3.63, 3.8) is 0 Å². The predicted octanol–water partition coefficient (Wildman–Crippen LogP) is 0.570. The zero-order chi connectivity index (χ0) is 13.3. The lowest BCUT2D eigenvalue weighted by Gasteiger charge is -2.16. The summed E-state index contributed by atoms with van der Waals surface area (Å²) in [6.07, 6.45) is 3.27. The van der Waals surface area contributed by atoms with E-state index in [1.807, 2.05) is 0 Å². The van der Waals surface area contributed by atoms with Crippen LogP contribution in [0.2, 0.25) is 0 Å². The highest BCUT2D eigenvalue weighted by Gasteiger charge is 2.27. The van der Waals surface area contributed by atoms with Gasteiger partial charge in [-0.15, -0.1) is 0 Å². The van der Waals surface area contributed by atoms with Crippen molar-refractivity contribution in [2.45, 2.75) is 25.3 Å². The highest BCUT2D eigenvalue weighted by atomic mass is 32.2. The molecule has 0 bridgehead atoms. The van der Waals surface area contributed by atoms with Gasteiger partial charge < -0.3 is 0 Å². The molecule has 98 valence electrons. The normalized spacial score (nSPS) is 12.2. The third-order valence-electron chi connectivity index (χ3n) is 2.69.